The first kappa shape index (κ1) is 14.1. The Morgan fingerprint density at radius 2 is 1.95 bits per heavy atom. The highest BCUT2D eigenvalue weighted by atomic mass is 19.4. The number of ether oxygens (including phenoxy) is 1. The Morgan fingerprint density at radius 3 is 2.38 bits per heavy atom. The average Bonchev–Trinajstić information content (AvgIpc) is 2.22. The quantitative estimate of drug-likeness (QED) is 0.871. The SMILES string of the molecule is Cc1c(C(F)(F)F)nnc(N2CC3(COC3)C2)c1C(N)=O. The minimum absolute atomic E-state index is 0.0349. The zero-order valence-corrected chi connectivity index (χ0v) is 11.2. The van der Waals surface area contributed by atoms with Gasteiger partial charge >= 0.3 is 6.18 Å². The lowest BCUT2D eigenvalue weighted by atomic mass is 9.78. The number of hydrogen-bond acceptors (Lipinski definition) is 5. The van der Waals surface area contributed by atoms with Crippen LogP contribution in [0.2, 0.25) is 0 Å². The van der Waals surface area contributed by atoms with Gasteiger partial charge in [-0.3, -0.25) is 4.79 Å². The average molecular weight is 302 g/mol. The Bertz CT molecular complexity index is 605. The van der Waals surface area contributed by atoms with Gasteiger partial charge in [-0.1, -0.05) is 0 Å². The summed E-state index contributed by atoms with van der Waals surface area (Å²) in [6.07, 6.45) is -4.67. The molecule has 2 N–H and O–H groups in total. The maximum absolute atomic E-state index is 12.8. The third-order valence-electron chi connectivity index (χ3n) is 3.88. The second-order valence-corrected chi connectivity index (χ2v) is 5.58. The van der Waals surface area contributed by atoms with E-state index in [1.807, 2.05) is 0 Å². The summed E-state index contributed by atoms with van der Waals surface area (Å²) in [6, 6.07) is 0. The van der Waals surface area contributed by atoms with E-state index in [-0.39, 0.29) is 22.4 Å². The minimum atomic E-state index is -4.67. The van der Waals surface area contributed by atoms with Gasteiger partial charge in [0.2, 0.25) is 0 Å². The molecule has 0 saturated carbocycles. The Kier molecular flexibility index (Phi) is 2.88. The van der Waals surface area contributed by atoms with Gasteiger partial charge in [0.15, 0.2) is 11.5 Å². The molecule has 3 heterocycles. The van der Waals surface area contributed by atoms with Crippen LogP contribution in [0.5, 0.6) is 0 Å². The first-order valence-corrected chi connectivity index (χ1v) is 6.30. The second kappa shape index (κ2) is 4.30. The largest absolute Gasteiger partial charge is 0.435 e. The topological polar surface area (TPSA) is 81.3 Å². The zero-order valence-electron chi connectivity index (χ0n) is 11.2. The molecule has 1 aromatic rings. The van der Waals surface area contributed by atoms with Crippen molar-refractivity contribution < 1.29 is 22.7 Å². The summed E-state index contributed by atoms with van der Waals surface area (Å²) in [6.45, 7) is 3.56. The number of carbonyl (C=O) groups excluding carboxylic acids is 1. The van der Waals surface area contributed by atoms with Gasteiger partial charge < -0.3 is 15.4 Å². The van der Waals surface area contributed by atoms with Crippen molar-refractivity contribution in [2.24, 2.45) is 11.1 Å². The van der Waals surface area contributed by atoms with Crippen molar-refractivity contribution in [1.82, 2.24) is 10.2 Å². The van der Waals surface area contributed by atoms with Crippen LogP contribution in [0, 0.1) is 12.3 Å². The highest BCUT2D eigenvalue weighted by Gasteiger charge is 2.50. The van der Waals surface area contributed by atoms with Gasteiger partial charge in [0.05, 0.1) is 24.2 Å². The van der Waals surface area contributed by atoms with Crippen molar-refractivity contribution >= 4 is 11.7 Å². The van der Waals surface area contributed by atoms with E-state index in [9.17, 15) is 18.0 Å². The summed E-state index contributed by atoms with van der Waals surface area (Å²) in [7, 11) is 0. The van der Waals surface area contributed by atoms with E-state index in [0.29, 0.717) is 26.3 Å². The molecule has 2 aliphatic rings. The first-order valence-electron chi connectivity index (χ1n) is 6.30. The van der Waals surface area contributed by atoms with Gasteiger partial charge in [0.1, 0.15) is 0 Å². The Hall–Kier alpha value is -1.90. The van der Waals surface area contributed by atoms with E-state index in [1.165, 1.54) is 6.92 Å². The highest BCUT2D eigenvalue weighted by Crippen LogP contribution is 2.41. The lowest BCUT2D eigenvalue weighted by Gasteiger charge is -2.55. The molecule has 6 nitrogen and oxygen atoms in total. The number of aromatic nitrogens is 2. The van der Waals surface area contributed by atoms with Gasteiger partial charge in [-0.05, 0) is 12.5 Å². The Labute approximate surface area is 118 Å². The normalized spacial score (nSPS) is 20.1. The van der Waals surface area contributed by atoms with Crippen LogP contribution in [0.4, 0.5) is 19.0 Å². The number of halogens is 3. The molecule has 0 unspecified atom stereocenters. The molecule has 2 aliphatic heterocycles. The molecule has 2 fully saturated rings. The summed E-state index contributed by atoms with van der Waals surface area (Å²) in [5.41, 5.74) is 3.59. The summed E-state index contributed by atoms with van der Waals surface area (Å²) in [5, 5.41) is 6.82. The number of nitrogens with zero attached hydrogens (tertiary/aromatic N) is 3. The van der Waals surface area contributed by atoms with Crippen LogP contribution < -0.4 is 10.6 Å². The molecule has 0 atom stereocenters. The summed E-state index contributed by atoms with van der Waals surface area (Å²) >= 11 is 0. The van der Waals surface area contributed by atoms with Gasteiger partial charge in [-0.25, -0.2) is 0 Å². The van der Waals surface area contributed by atoms with Crippen LogP contribution in [0.15, 0.2) is 0 Å². The van der Waals surface area contributed by atoms with Gasteiger partial charge in [0.25, 0.3) is 5.91 Å². The van der Waals surface area contributed by atoms with Gasteiger partial charge in [-0.15, -0.1) is 10.2 Å². The molecular formula is C12H13F3N4O2. The molecular weight excluding hydrogens is 289 g/mol. The Morgan fingerprint density at radius 1 is 1.33 bits per heavy atom. The molecule has 0 radical (unpaired) electrons. The number of amides is 1. The van der Waals surface area contributed by atoms with E-state index < -0.39 is 17.8 Å². The van der Waals surface area contributed by atoms with Crippen molar-refractivity contribution in [2.75, 3.05) is 31.2 Å². The molecule has 1 amide bonds. The molecule has 114 valence electrons. The predicted octanol–water partition coefficient (Wildman–Crippen LogP) is 0.739. The number of carbonyl (C=O) groups is 1. The first-order chi connectivity index (χ1) is 9.73. The lowest BCUT2D eigenvalue weighted by molar-refractivity contribution is -0.142. The maximum Gasteiger partial charge on any atom is 0.435 e. The number of anilines is 1. The lowest BCUT2D eigenvalue weighted by Crippen LogP contribution is -2.66. The number of alkyl halides is 3. The fourth-order valence-electron chi connectivity index (χ4n) is 2.78. The fourth-order valence-corrected chi connectivity index (χ4v) is 2.78. The fraction of sp³-hybridized carbons (Fsp3) is 0.583. The predicted molar refractivity (Wildman–Crippen MR) is 65.8 cm³/mol. The van der Waals surface area contributed by atoms with Crippen LogP contribution in [-0.4, -0.2) is 42.4 Å². The summed E-state index contributed by atoms with van der Waals surface area (Å²) in [5.74, 6) is -0.820. The van der Waals surface area contributed by atoms with Crippen LogP contribution in [0.25, 0.3) is 0 Å². The number of nitrogens with two attached hydrogens (primary N) is 1. The highest BCUT2D eigenvalue weighted by molar-refractivity contribution is 5.99. The summed E-state index contributed by atoms with van der Waals surface area (Å²) < 4.78 is 43.6. The van der Waals surface area contributed by atoms with Crippen molar-refractivity contribution in [3.63, 3.8) is 0 Å². The smallest absolute Gasteiger partial charge is 0.380 e. The van der Waals surface area contributed by atoms with Crippen molar-refractivity contribution in [3.05, 3.63) is 16.8 Å². The molecule has 2 saturated heterocycles. The van der Waals surface area contributed by atoms with E-state index >= 15 is 0 Å². The molecule has 1 aromatic heterocycles. The van der Waals surface area contributed by atoms with Crippen LogP contribution in [0.1, 0.15) is 21.6 Å². The van der Waals surface area contributed by atoms with Gasteiger partial charge in [0, 0.05) is 13.1 Å². The van der Waals surface area contributed by atoms with Crippen molar-refractivity contribution in [1.29, 1.82) is 0 Å². The molecule has 9 heteroatoms. The van der Waals surface area contributed by atoms with Crippen LogP contribution >= 0.6 is 0 Å². The van der Waals surface area contributed by atoms with E-state index in [0.717, 1.165) is 0 Å². The van der Waals surface area contributed by atoms with Gasteiger partial charge in [-0.2, -0.15) is 13.2 Å². The van der Waals surface area contributed by atoms with E-state index in [1.54, 1.807) is 4.90 Å². The number of hydrogen-bond donors (Lipinski definition) is 1. The van der Waals surface area contributed by atoms with E-state index in [2.05, 4.69) is 10.2 Å². The number of rotatable bonds is 2. The monoisotopic (exact) mass is 302 g/mol. The van der Waals surface area contributed by atoms with Crippen LogP contribution in [0.3, 0.4) is 0 Å². The third kappa shape index (κ3) is 2.11. The molecule has 1 spiro atoms. The molecule has 3 rings (SSSR count). The molecule has 0 bridgehead atoms. The standard InChI is InChI=1S/C12H13F3N4O2/c1-6-7(9(16)20)10(18-17-8(6)12(13,14)15)19-2-11(3-19)4-21-5-11/h2-5H2,1H3,(H2,16,20). The second-order valence-electron chi connectivity index (χ2n) is 5.58. The molecule has 0 aromatic carbocycles. The maximum atomic E-state index is 12.8. The minimum Gasteiger partial charge on any atom is -0.380 e. The van der Waals surface area contributed by atoms with Crippen molar-refractivity contribution in [2.45, 2.75) is 13.1 Å². The molecule has 0 aliphatic carbocycles. The molecule has 21 heavy (non-hydrogen) atoms. The van der Waals surface area contributed by atoms with E-state index in [4.69, 9.17) is 10.5 Å². The van der Waals surface area contributed by atoms with Crippen LogP contribution in [-0.2, 0) is 10.9 Å². The Balaban J connectivity index is 1.98. The summed E-state index contributed by atoms with van der Waals surface area (Å²) in [4.78, 5) is 13.3. The van der Waals surface area contributed by atoms with Crippen molar-refractivity contribution in [3.8, 4) is 0 Å². The third-order valence-corrected chi connectivity index (χ3v) is 3.88. The zero-order chi connectivity index (χ0) is 15.4. The number of primary amides is 1.